The fraction of sp³-hybridized carbons (Fsp3) is 0.875. The first-order valence-corrected chi connectivity index (χ1v) is 16.1. The Kier molecular flexibility index (Phi) is 14.2. The van der Waals surface area contributed by atoms with Gasteiger partial charge in [-0.05, 0) is 54.9 Å². The van der Waals surface area contributed by atoms with Crippen molar-refractivity contribution in [3.63, 3.8) is 0 Å². The van der Waals surface area contributed by atoms with Gasteiger partial charge < -0.3 is 33.7 Å². The summed E-state index contributed by atoms with van der Waals surface area (Å²) in [6.07, 6.45) is 2.76. The van der Waals surface area contributed by atoms with Crippen LogP contribution in [0.2, 0.25) is 12.6 Å². The zero-order chi connectivity index (χ0) is 27.2. The highest BCUT2D eigenvalue weighted by molar-refractivity contribution is 7.99. The Morgan fingerprint density at radius 3 is 2.28 bits per heavy atom. The van der Waals surface area contributed by atoms with E-state index in [1.54, 1.807) is 26.0 Å². The second kappa shape index (κ2) is 15.7. The second-order valence-electron chi connectivity index (χ2n) is 10.6. The third-order valence-electron chi connectivity index (χ3n) is 6.42. The predicted octanol–water partition coefficient (Wildman–Crippen LogP) is 4.08. The van der Waals surface area contributed by atoms with E-state index in [0.717, 1.165) is 37.5 Å². The molecule has 0 aromatic rings. The van der Waals surface area contributed by atoms with Crippen molar-refractivity contribution in [3.8, 4) is 0 Å². The number of ether oxygens (including phenoxy) is 3. The Hall–Kier alpha value is -1.50. The highest BCUT2D eigenvalue weighted by Gasteiger charge is 2.42. The largest absolute Gasteiger partial charge is 0.462 e. The summed E-state index contributed by atoms with van der Waals surface area (Å²) in [5.74, 6) is 1.31. The Morgan fingerprint density at radius 1 is 0.972 bits per heavy atom. The van der Waals surface area contributed by atoms with Crippen molar-refractivity contribution in [2.45, 2.75) is 71.5 Å². The predicted molar refractivity (Wildman–Crippen MR) is 142 cm³/mol. The number of hydrogen-bond donors (Lipinski definition) is 2. The van der Waals surface area contributed by atoms with Crippen molar-refractivity contribution in [3.05, 3.63) is 0 Å². The minimum Gasteiger partial charge on any atom is -0.462 e. The molecule has 0 aliphatic heterocycles. The topological polar surface area (TPSA) is 121 Å². The molecule has 0 radical (unpaired) electrons. The van der Waals surface area contributed by atoms with E-state index in [9.17, 15) is 14.4 Å². The number of alkyl carbamates (subject to hydrolysis) is 2. The van der Waals surface area contributed by atoms with E-state index in [1.807, 2.05) is 6.55 Å². The average Bonchev–Trinajstić information content (AvgIpc) is 2.81. The molecule has 2 amide bonds. The third-order valence-corrected chi connectivity index (χ3v) is 10.5. The van der Waals surface area contributed by atoms with E-state index in [-0.39, 0.29) is 36.1 Å². The van der Waals surface area contributed by atoms with Gasteiger partial charge in [0.2, 0.25) is 0 Å². The number of nitrogens with one attached hydrogen (secondary N) is 2. The summed E-state index contributed by atoms with van der Waals surface area (Å²) in [6.45, 7) is 8.88. The van der Waals surface area contributed by atoms with E-state index in [2.05, 4.69) is 31.4 Å². The SMILES string of the molecule is COC(=O)NC1CC(C)(C)CC(C)(CNC(=O)OCCOC(=O)CCSCCC[Si](C)(OC)OC)C1. The summed E-state index contributed by atoms with van der Waals surface area (Å²) in [6, 6.07) is 0.887. The lowest BCUT2D eigenvalue weighted by Gasteiger charge is -2.46. The van der Waals surface area contributed by atoms with Gasteiger partial charge in [0.05, 0.1) is 13.5 Å². The van der Waals surface area contributed by atoms with Crippen molar-refractivity contribution >= 4 is 38.5 Å². The first kappa shape index (κ1) is 32.5. The molecule has 1 saturated carbocycles. The maximum Gasteiger partial charge on any atom is 0.407 e. The highest BCUT2D eigenvalue weighted by Crippen LogP contribution is 2.45. The molecule has 2 atom stereocenters. The van der Waals surface area contributed by atoms with Gasteiger partial charge in [0.25, 0.3) is 0 Å². The Bertz CT molecular complexity index is 708. The van der Waals surface area contributed by atoms with Crippen LogP contribution >= 0.6 is 11.8 Å². The van der Waals surface area contributed by atoms with Gasteiger partial charge in [0, 0.05) is 32.6 Å². The first-order chi connectivity index (χ1) is 16.9. The summed E-state index contributed by atoms with van der Waals surface area (Å²) in [5, 5.41) is 5.71. The van der Waals surface area contributed by atoms with E-state index >= 15 is 0 Å². The van der Waals surface area contributed by atoms with Crippen molar-refractivity contribution in [1.29, 1.82) is 0 Å². The standard InChI is InChI=1S/C24H46N2O8SSi/c1-23(2)15-19(26-22(29)30-4)16-24(3,17-23)18-25-21(28)34-11-10-33-20(27)9-13-35-12-8-14-36(7,31-5)32-6/h19H,8-18H2,1-7H3,(H,25,28)(H,26,29). The molecule has 1 rings (SSSR count). The number of amides is 2. The van der Waals surface area contributed by atoms with Crippen molar-refractivity contribution in [1.82, 2.24) is 10.6 Å². The molecular weight excluding hydrogens is 504 g/mol. The number of carbonyl (C=O) groups excluding carboxylic acids is 3. The zero-order valence-corrected chi connectivity index (χ0v) is 24.8. The van der Waals surface area contributed by atoms with E-state index in [4.69, 9.17) is 23.1 Å². The normalized spacial score (nSPS) is 21.4. The maximum absolute atomic E-state index is 12.1. The van der Waals surface area contributed by atoms with E-state index < -0.39 is 20.7 Å². The summed E-state index contributed by atoms with van der Waals surface area (Å²) < 4.78 is 26.0. The van der Waals surface area contributed by atoms with E-state index in [0.29, 0.717) is 18.7 Å². The Balaban J connectivity index is 2.20. The van der Waals surface area contributed by atoms with Crippen molar-refractivity contribution in [2.24, 2.45) is 10.8 Å². The molecule has 36 heavy (non-hydrogen) atoms. The van der Waals surface area contributed by atoms with Gasteiger partial charge in [-0.15, -0.1) is 0 Å². The molecule has 12 heteroatoms. The van der Waals surface area contributed by atoms with Gasteiger partial charge in [-0.1, -0.05) is 20.8 Å². The smallest absolute Gasteiger partial charge is 0.407 e. The minimum absolute atomic E-state index is 0.00328. The lowest BCUT2D eigenvalue weighted by molar-refractivity contribution is -0.144. The molecular formula is C24H46N2O8SSi. The Labute approximate surface area is 221 Å². The van der Waals surface area contributed by atoms with Crippen LogP contribution in [0.3, 0.4) is 0 Å². The molecule has 1 aliphatic rings. The molecule has 10 nitrogen and oxygen atoms in total. The highest BCUT2D eigenvalue weighted by atomic mass is 32.2. The van der Waals surface area contributed by atoms with Crippen LogP contribution in [-0.4, -0.2) is 85.4 Å². The van der Waals surface area contributed by atoms with Gasteiger partial charge in [0.15, 0.2) is 0 Å². The third kappa shape index (κ3) is 13.2. The summed E-state index contributed by atoms with van der Waals surface area (Å²) in [4.78, 5) is 35.7. The molecule has 0 heterocycles. The van der Waals surface area contributed by atoms with Crippen LogP contribution in [0.25, 0.3) is 0 Å². The zero-order valence-electron chi connectivity index (χ0n) is 23.0. The van der Waals surface area contributed by atoms with Crippen LogP contribution in [0.15, 0.2) is 0 Å². The molecule has 0 aromatic heterocycles. The first-order valence-electron chi connectivity index (χ1n) is 12.4. The molecule has 0 spiro atoms. The molecule has 0 bridgehead atoms. The number of esters is 1. The lowest BCUT2D eigenvalue weighted by atomic mass is 9.62. The van der Waals surface area contributed by atoms with Crippen LogP contribution in [0, 0.1) is 10.8 Å². The fourth-order valence-electron chi connectivity index (χ4n) is 4.84. The van der Waals surface area contributed by atoms with Crippen LogP contribution in [0.4, 0.5) is 9.59 Å². The summed E-state index contributed by atoms with van der Waals surface area (Å²) in [7, 11) is 2.70. The maximum atomic E-state index is 12.1. The number of thioether (sulfide) groups is 1. The van der Waals surface area contributed by atoms with Crippen molar-refractivity contribution in [2.75, 3.05) is 52.6 Å². The quantitative estimate of drug-likeness (QED) is 0.134. The Morgan fingerprint density at radius 2 is 1.64 bits per heavy atom. The molecule has 210 valence electrons. The average molecular weight is 551 g/mol. The van der Waals surface area contributed by atoms with Gasteiger partial charge in [-0.2, -0.15) is 11.8 Å². The van der Waals surface area contributed by atoms with Gasteiger partial charge >= 0.3 is 26.7 Å². The van der Waals surface area contributed by atoms with Crippen LogP contribution in [0.5, 0.6) is 0 Å². The molecule has 0 aromatic carbocycles. The number of methoxy groups -OCH3 is 1. The second-order valence-corrected chi connectivity index (χ2v) is 15.4. The fourth-order valence-corrected chi connectivity index (χ4v) is 7.35. The van der Waals surface area contributed by atoms with Crippen molar-refractivity contribution < 1.29 is 37.4 Å². The van der Waals surface area contributed by atoms with Crippen LogP contribution < -0.4 is 10.6 Å². The molecule has 1 fully saturated rings. The molecule has 0 saturated heterocycles. The lowest BCUT2D eigenvalue weighted by Crippen LogP contribution is -2.50. The number of carbonyl (C=O) groups is 3. The van der Waals surface area contributed by atoms with Gasteiger partial charge in [-0.3, -0.25) is 4.79 Å². The summed E-state index contributed by atoms with van der Waals surface area (Å²) in [5.41, 5.74) is -0.197. The monoisotopic (exact) mass is 550 g/mol. The molecule has 2 N–H and O–H groups in total. The molecule has 2 unspecified atom stereocenters. The molecule has 1 aliphatic carbocycles. The van der Waals surface area contributed by atoms with E-state index in [1.165, 1.54) is 7.11 Å². The number of rotatable bonds is 15. The van der Waals surface area contributed by atoms with Gasteiger partial charge in [0.1, 0.15) is 13.2 Å². The van der Waals surface area contributed by atoms with Crippen LogP contribution in [-0.2, 0) is 27.9 Å². The summed E-state index contributed by atoms with van der Waals surface area (Å²) >= 11 is 1.70. The van der Waals surface area contributed by atoms with Crippen LogP contribution in [0.1, 0.15) is 52.9 Å². The minimum atomic E-state index is -2.02. The van der Waals surface area contributed by atoms with Gasteiger partial charge in [-0.25, -0.2) is 9.59 Å². The number of hydrogen-bond acceptors (Lipinski definition) is 9.